The van der Waals surface area contributed by atoms with E-state index in [1.54, 1.807) is 25.4 Å². The van der Waals surface area contributed by atoms with Gasteiger partial charge in [0.1, 0.15) is 12.4 Å². The molecule has 0 atom stereocenters. The number of likely N-dealkylation sites (N-methyl/N-ethyl adjacent to an activating group) is 1. The maximum absolute atomic E-state index is 12.5. The fourth-order valence-corrected chi connectivity index (χ4v) is 3.16. The Morgan fingerprint density at radius 3 is 2.84 bits per heavy atom. The summed E-state index contributed by atoms with van der Waals surface area (Å²) in [5, 5.41) is 0.597. The van der Waals surface area contributed by atoms with Crippen molar-refractivity contribution in [3.63, 3.8) is 0 Å². The van der Waals surface area contributed by atoms with Gasteiger partial charge in [-0.05, 0) is 36.0 Å². The van der Waals surface area contributed by atoms with Crippen LogP contribution >= 0.6 is 11.8 Å². The molecule has 2 aromatic rings. The molecule has 0 aliphatic carbocycles. The zero-order valence-corrected chi connectivity index (χ0v) is 14.6. The first kappa shape index (κ1) is 17.0. The third kappa shape index (κ3) is 3.97. The van der Waals surface area contributed by atoms with Crippen LogP contribution in [0, 0.1) is 0 Å². The summed E-state index contributed by atoms with van der Waals surface area (Å²) in [6, 6.07) is 13.1. The van der Waals surface area contributed by atoms with E-state index in [2.05, 4.69) is 16.6 Å². The molecule has 25 heavy (non-hydrogen) atoms. The van der Waals surface area contributed by atoms with Gasteiger partial charge in [0.25, 0.3) is 5.91 Å². The Bertz CT molecular complexity index is 847. The Morgan fingerprint density at radius 1 is 1.28 bits per heavy atom. The van der Waals surface area contributed by atoms with E-state index >= 15 is 0 Å². The number of carbonyl (C=O) groups excluding carboxylic acids is 1. The second-order valence-electron chi connectivity index (χ2n) is 5.19. The molecular formula is C19H17N3O2S. The Kier molecular flexibility index (Phi) is 5.30. The van der Waals surface area contributed by atoms with Crippen LogP contribution in [0.5, 0.6) is 5.75 Å². The monoisotopic (exact) mass is 351 g/mol. The Hall–Kier alpha value is -2.86. The van der Waals surface area contributed by atoms with E-state index in [4.69, 9.17) is 4.74 Å². The molecule has 126 valence electrons. The summed E-state index contributed by atoms with van der Waals surface area (Å²) < 4.78 is 5.64. The van der Waals surface area contributed by atoms with Crippen LogP contribution in [-0.2, 0) is 4.79 Å². The molecule has 0 spiro atoms. The Balaban J connectivity index is 1.89. The van der Waals surface area contributed by atoms with Crippen molar-refractivity contribution < 1.29 is 9.53 Å². The minimum absolute atomic E-state index is 0.0989. The molecule has 6 heteroatoms. The van der Waals surface area contributed by atoms with Crippen LogP contribution in [0.1, 0.15) is 5.56 Å². The minimum atomic E-state index is -0.0989. The number of pyridine rings is 1. The number of para-hydroxylation sites is 1. The number of thioether (sulfide) groups is 1. The van der Waals surface area contributed by atoms with Crippen molar-refractivity contribution in [1.29, 1.82) is 0 Å². The van der Waals surface area contributed by atoms with Crippen LogP contribution in [-0.4, -0.2) is 34.6 Å². The molecule has 0 saturated carbocycles. The summed E-state index contributed by atoms with van der Waals surface area (Å²) in [5.74, 6) is 1.18. The highest BCUT2D eigenvalue weighted by Gasteiger charge is 2.30. The molecule has 0 N–H and O–H groups in total. The largest absolute Gasteiger partial charge is 0.489 e. The number of amides is 1. The Morgan fingerprint density at radius 2 is 2.08 bits per heavy atom. The number of carbonyl (C=O) groups is 1. The minimum Gasteiger partial charge on any atom is -0.489 e. The SMILES string of the molecule is C=CCOc1ccccc1/C=C1\S/C(=N/c2ccccn2)N(C)C1=O. The molecule has 0 bridgehead atoms. The van der Waals surface area contributed by atoms with Crippen molar-refractivity contribution in [2.75, 3.05) is 13.7 Å². The van der Waals surface area contributed by atoms with Gasteiger partial charge < -0.3 is 4.74 Å². The van der Waals surface area contributed by atoms with Crippen molar-refractivity contribution >= 4 is 34.7 Å². The van der Waals surface area contributed by atoms with Gasteiger partial charge in [-0.25, -0.2) is 9.98 Å². The maximum atomic E-state index is 12.5. The number of aliphatic imine (C=N–C) groups is 1. The van der Waals surface area contributed by atoms with E-state index in [-0.39, 0.29) is 5.91 Å². The molecule has 1 aliphatic rings. The van der Waals surface area contributed by atoms with E-state index in [0.717, 1.165) is 5.56 Å². The second-order valence-corrected chi connectivity index (χ2v) is 6.20. The third-order valence-electron chi connectivity index (χ3n) is 3.43. The van der Waals surface area contributed by atoms with Gasteiger partial charge in [0.05, 0.1) is 4.91 Å². The zero-order valence-electron chi connectivity index (χ0n) is 13.8. The third-order valence-corrected chi connectivity index (χ3v) is 4.49. The van der Waals surface area contributed by atoms with Gasteiger partial charge in [-0.2, -0.15) is 0 Å². The summed E-state index contributed by atoms with van der Waals surface area (Å²) in [7, 11) is 1.71. The highest BCUT2D eigenvalue weighted by Crippen LogP contribution is 2.34. The predicted octanol–water partition coefficient (Wildman–Crippen LogP) is 3.88. The molecule has 1 amide bonds. The second kappa shape index (κ2) is 7.81. The van der Waals surface area contributed by atoms with Gasteiger partial charge in [-0.1, -0.05) is 36.9 Å². The van der Waals surface area contributed by atoms with E-state index in [9.17, 15) is 4.79 Å². The first-order valence-electron chi connectivity index (χ1n) is 7.69. The maximum Gasteiger partial charge on any atom is 0.266 e. The van der Waals surface area contributed by atoms with Crippen LogP contribution < -0.4 is 4.74 Å². The average Bonchev–Trinajstić information content (AvgIpc) is 2.90. The highest BCUT2D eigenvalue weighted by atomic mass is 32.2. The topological polar surface area (TPSA) is 54.8 Å². The molecule has 2 heterocycles. The Labute approximate surface area is 150 Å². The quantitative estimate of drug-likeness (QED) is 0.606. The van der Waals surface area contributed by atoms with Gasteiger partial charge in [0, 0.05) is 18.8 Å². The molecule has 1 fully saturated rings. The van der Waals surface area contributed by atoms with E-state index in [0.29, 0.717) is 28.2 Å². The summed E-state index contributed by atoms with van der Waals surface area (Å²) in [6.07, 6.45) is 5.18. The van der Waals surface area contributed by atoms with Crippen molar-refractivity contribution in [2.24, 2.45) is 4.99 Å². The number of hydrogen-bond donors (Lipinski definition) is 0. The van der Waals surface area contributed by atoms with Crippen LogP contribution in [0.2, 0.25) is 0 Å². The fourth-order valence-electron chi connectivity index (χ4n) is 2.19. The van der Waals surface area contributed by atoms with Crippen molar-refractivity contribution in [2.45, 2.75) is 0 Å². The number of amidine groups is 1. The number of rotatable bonds is 5. The smallest absolute Gasteiger partial charge is 0.266 e. The van der Waals surface area contributed by atoms with Crippen molar-refractivity contribution in [3.8, 4) is 5.75 Å². The van der Waals surface area contributed by atoms with Gasteiger partial charge >= 0.3 is 0 Å². The molecular weight excluding hydrogens is 334 g/mol. The van der Waals surface area contributed by atoms with Crippen LogP contribution in [0.25, 0.3) is 6.08 Å². The van der Waals surface area contributed by atoms with Crippen LogP contribution in [0.15, 0.2) is 71.2 Å². The van der Waals surface area contributed by atoms with E-state index in [1.165, 1.54) is 16.7 Å². The predicted molar refractivity (Wildman–Crippen MR) is 102 cm³/mol. The van der Waals surface area contributed by atoms with Crippen molar-refractivity contribution in [1.82, 2.24) is 9.88 Å². The number of nitrogens with zero attached hydrogens (tertiary/aromatic N) is 3. The standard InChI is InChI=1S/C19H17N3O2S/c1-3-12-24-15-9-5-4-8-14(15)13-16-18(23)22(2)19(25-16)21-17-10-6-7-11-20-17/h3-11,13H,1,12H2,2H3/b16-13-,21-19+. The number of hydrogen-bond acceptors (Lipinski definition) is 5. The lowest BCUT2D eigenvalue weighted by atomic mass is 10.2. The highest BCUT2D eigenvalue weighted by molar-refractivity contribution is 8.18. The van der Waals surface area contributed by atoms with Gasteiger partial charge in [-0.3, -0.25) is 9.69 Å². The summed E-state index contributed by atoms with van der Waals surface area (Å²) in [4.78, 5) is 23.2. The fraction of sp³-hybridized carbons (Fsp3) is 0.105. The molecule has 3 rings (SSSR count). The lowest BCUT2D eigenvalue weighted by molar-refractivity contribution is -0.121. The average molecular weight is 351 g/mol. The number of benzene rings is 1. The first-order chi connectivity index (χ1) is 12.2. The number of ether oxygens (including phenoxy) is 1. The van der Waals surface area contributed by atoms with Crippen molar-refractivity contribution in [3.05, 3.63) is 71.8 Å². The van der Waals surface area contributed by atoms with Crippen LogP contribution in [0.4, 0.5) is 5.82 Å². The van der Waals surface area contributed by atoms with E-state index in [1.807, 2.05) is 42.5 Å². The summed E-state index contributed by atoms with van der Waals surface area (Å²) in [5.41, 5.74) is 0.840. The zero-order chi connectivity index (χ0) is 17.6. The normalized spacial score (nSPS) is 17.3. The van der Waals surface area contributed by atoms with Crippen LogP contribution in [0.3, 0.4) is 0 Å². The molecule has 5 nitrogen and oxygen atoms in total. The van der Waals surface area contributed by atoms with E-state index < -0.39 is 0 Å². The summed E-state index contributed by atoms with van der Waals surface area (Å²) in [6.45, 7) is 4.06. The van der Waals surface area contributed by atoms with Gasteiger partial charge in [0.2, 0.25) is 0 Å². The lowest BCUT2D eigenvalue weighted by Crippen LogP contribution is -2.23. The molecule has 0 radical (unpaired) electrons. The first-order valence-corrected chi connectivity index (χ1v) is 8.50. The number of aromatic nitrogens is 1. The molecule has 1 saturated heterocycles. The molecule has 0 unspecified atom stereocenters. The molecule has 1 aliphatic heterocycles. The molecule has 1 aromatic carbocycles. The lowest BCUT2D eigenvalue weighted by Gasteiger charge is -2.07. The molecule has 1 aromatic heterocycles. The van der Waals surface area contributed by atoms with Gasteiger partial charge in [-0.15, -0.1) is 0 Å². The van der Waals surface area contributed by atoms with Gasteiger partial charge in [0.15, 0.2) is 11.0 Å². The summed E-state index contributed by atoms with van der Waals surface area (Å²) >= 11 is 1.32.